The minimum Gasteiger partial charge on any atom is -0.497 e. The zero-order chi connectivity index (χ0) is 35.6. The zero-order valence-corrected chi connectivity index (χ0v) is 29.0. The van der Waals surface area contributed by atoms with Gasteiger partial charge in [0.25, 0.3) is 0 Å². The second-order valence-corrected chi connectivity index (χ2v) is 11.9. The van der Waals surface area contributed by atoms with Crippen molar-refractivity contribution in [2.45, 2.75) is 25.7 Å². The van der Waals surface area contributed by atoms with Crippen molar-refractivity contribution in [3.63, 3.8) is 0 Å². The van der Waals surface area contributed by atoms with E-state index in [4.69, 9.17) is 37.5 Å². The van der Waals surface area contributed by atoms with Gasteiger partial charge in [-0.15, -0.1) is 0 Å². The van der Waals surface area contributed by atoms with Gasteiger partial charge in [0.2, 0.25) is 0 Å². The molecule has 13 heteroatoms. The molecule has 12 nitrogen and oxygen atoms in total. The van der Waals surface area contributed by atoms with Gasteiger partial charge in [0.05, 0.1) is 42.7 Å². The molecule has 0 unspecified atom stereocenters. The highest BCUT2D eigenvalue weighted by Crippen LogP contribution is 2.49. The van der Waals surface area contributed by atoms with Gasteiger partial charge in [0, 0.05) is 37.1 Å². The number of carbonyl (C=O) groups excluding carboxylic acids is 2. The van der Waals surface area contributed by atoms with E-state index < -0.39 is 7.82 Å². The van der Waals surface area contributed by atoms with Crippen LogP contribution in [0.4, 0.5) is 0 Å². The zero-order valence-electron chi connectivity index (χ0n) is 28.1. The summed E-state index contributed by atoms with van der Waals surface area (Å²) in [6.07, 6.45) is 1.19. The number of hydrogen-bond acceptors (Lipinski definition) is 11. The van der Waals surface area contributed by atoms with Gasteiger partial charge in [-0.1, -0.05) is 24.3 Å². The lowest BCUT2D eigenvalue weighted by atomic mass is 10.0. The van der Waals surface area contributed by atoms with Crippen LogP contribution in [0, 0.1) is 0 Å². The van der Waals surface area contributed by atoms with Crippen molar-refractivity contribution in [1.82, 2.24) is 0 Å². The van der Waals surface area contributed by atoms with Crippen LogP contribution in [0.2, 0.25) is 0 Å². The van der Waals surface area contributed by atoms with Crippen LogP contribution in [0.3, 0.4) is 0 Å². The van der Waals surface area contributed by atoms with E-state index in [0.717, 1.165) is 11.1 Å². The molecule has 0 radical (unpaired) electrons. The molecule has 0 saturated carbocycles. The summed E-state index contributed by atoms with van der Waals surface area (Å²) in [5.74, 6) is 0.887. The van der Waals surface area contributed by atoms with Gasteiger partial charge in [0.15, 0.2) is 11.6 Å². The summed E-state index contributed by atoms with van der Waals surface area (Å²) in [7, 11) is 3.70. The number of aryl methyl sites for hydroxylation is 2. The Morgan fingerprint density at radius 3 is 1.08 bits per heavy atom. The van der Waals surface area contributed by atoms with Crippen molar-refractivity contribution in [1.29, 1.82) is 0 Å². The molecule has 0 fully saturated rings. The molecule has 49 heavy (non-hydrogen) atoms. The Morgan fingerprint density at radius 2 is 0.816 bits per heavy atom. The van der Waals surface area contributed by atoms with Gasteiger partial charge >= 0.3 is 7.82 Å². The number of rotatable bonds is 18. The minimum absolute atomic E-state index is 0.0786. The summed E-state index contributed by atoms with van der Waals surface area (Å²) in [5.41, 5.74) is 2.18. The molecule has 1 N–H and O–H groups in total. The number of hydrogen-bond donors (Lipinski definition) is 1. The molecule has 4 aromatic carbocycles. The van der Waals surface area contributed by atoms with Gasteiger partial charge in [0.1, 0.15) is 57.1 Å². The monoisotopic (exact) mass is 694 g/mol. The highest BCUT2D eigenvalue weighted by atomic mass is 31.2. The third kappa shape index (κ3) is 9.46. The van der Waals surface area contributed by atoms with E-state index in [1.165, 1.54) is 52.7 Å². The fraction of sp³-hybridized carbons (Fsp3) is 0.278. The van der Waals surface area contributed by atoms with Crippen LogP contribution < -0.4 is 37.5 Å². The molecule has 0 amide bonds. The first kappa shape index (κ1) is 36.6. The first-order chi connectivity index (χ1) is 23.5. The molecule has 4 rings (SSSR count). The smallest absolute Gasteiger partial charge is 0.497 e. The van der Waals surface area contributed by atoms with E-state index in [9.17, 15) is 19.0 Å². The number of carbonyl (C=O) groups is 2. The van der Waals surface area contributed by atoms with E-state index in [0.29, 0.717) is 24.3 Å². The Kier molecular flexibility index (Phi) is 12.5. The lowest BCUT2D eigenvalue weighted by Crippen LogP contribution is -2.08. The molecule has 0 aromatic heterocycles. The molecule has 0 bridgehead atoms. The fourth-order valence-corrected chi connectivity index (χ4v) is 5.85. The van der Waals surface area contributed by atoms with Crippen molar-refractivity contribution in [3.05, 3.63) is 95.1 Å². The minimum atomic E-state index is -4.87. The number of ether oxygens (including phenoxy) is 6. The first-order valence-electron chi connectivity index (χ1n) is 15.1. The number of methoxy groups -OCH3 is 6. The topological polar surface area (TPSA) is 145 Å². The van der Waals surface area contributed by atoms with E-state index in [-0.39, 0.29) is 70.0 Å². The summed E-state index contributed by atoms with van der Waals surface area (Å²) in [6, 6.07) is 19.9. The maximum Gasteiger partial charge on any atom is 0.584 e. The molecular weight excluding hydrogens is 655 g/mol. The van der Waals surface area contributed by atoms with Crippen molar-refractivity contribution in [2.75, 3.05) is 42.7 Å². The maximum atomic E-state index is 13.3. The number of phosphoric ester groups is 1. The van der Waals surface area contributed by atoms with Crippen LogP contribution in [0.5, 0.6) is 46.0 Å². The Morgan fingerprint density at radius 1 is 0.510 bits per heavy atom. The molecule has 0 aliphatic carbocycles. The predicted octanol–water partition coefficient (Wildman–Crippen LogP) is 6.93. The normalized spacial score (nSPS) is 10.9. The molecular formula is C36H39O12P. The average Bonchev–Trinajstić information content (AvgIpc) is 3.11. The second kappa shape index (κ2) is 16.8. The molecule has 0 saturated heterocycles. The van der Waals surface area contributed by atoms with Gasteiger partial charge in [-0.25, -0.2) is 4.57 Å². The van der Waals surface area contributed by atoms with Crippen molar-refractivity contribution in [2.24, 2.45) is 0 Å². The van der Waals surface area contributed by atoms with Crippen LogP contribution in [0.25, 0.3) is 0 Å². The van der Waals surface area contributed by atoms with E-state index >= 15 is 0 Å². The van der Waals surface area contributed by atoms with E-state index in [1.807, 2.05) is 48.5 Å². The second-order valence-electron chi connectivity index (χ2n) is 10.6. The fourth-order valence-electron chi connectivity index (χ4n) is 5.07. The van der Waals surface area contributed by atoms with Gasteiger partial charge in [-0.3, -0.25) is 14.5 Å². The van der Waals surface area contributed by atoms with Crippen LogP contribution in [0.1, 0.15) is 44.7 Å². The third-order valence-electron chi connectivity index (χ3n) is 7.56. The Bertz CT molecular complexity index is 1620. The molecule has 260 valence electrons. The number of ketones is 2. The maximum absolute atomic E-state index is 13.3. The van der Waals surface area contributed by atoms with Crippen molar-refractivity contribution >= 4 is 19.4 Å². The van der Waals surface area contributed by atoms with Crippen LogP contribution in [-0.4, -0.2) is 59.1 Å². The molecule has 0 spiro atoms. The highest BCUT2D eigenvalue weighted by Gasteiger charge is 2.30. The van der Waals surface area contributed by atoms with Crippen LogP contribution in [-0.2, 0) is 17.4 Å². The lowest BCUT2D eigenvalue weighted by molar-refractivity contribution is 0.0968. The van der Waals surface area contributed by atoms with Gasteiger partial charge < -0.3 is 37.5 Å². The largest absolute Gasteiger partial charge is 0.584 e. The standard InChI is InChI=1S/C36H39O12P/c1-41-25-13-7-23(8-14-25)11-17-29(37)35-31(43-3)19-27(20-32(35)44-4)47-49(39,40)48-28-21-33(45-5)36(34(22-28)46-6)30(38)18-12-24-9-15-26(42-2)16-10-24/h7-10,13-16,19-22H,11-12,17-18H2,1-6H3,(H,39,40). The summed E-state index contributed by atoms with van der Waals surface area (Å²) in [4.78, 5) is 37.3. The Labute approximate surface area is 285 Å². The summed E-state index contributed by atoms with van der Waals surface area (Å²) in [6.45, 7) is 0. The number of Topliss-reactive ketones (excluding diaryl/α,β-unsaturated/α-hetero) is 2. The average molecular weight is 695 g/mol. The predicted molar refractivity (Wildman–Crippen MR) is 181 cm³/mol. The molecule has 4 aromatic rings. The number of phosphoric acid groups is 1. The molecule has 0 aliphatic rings. The first-order valence-corrected chi connectivity index (χ1v) is 16.6. The third-order valence-corrected chi connectivity index (χ3v) is 8.44. The molecule has 0 heterocycles. The Hall–Kier alpha value is -5.19. The summed E-state index contributed by atoms with van der Waals surface area (Å²) in [5, 5.41) is 0. The van der Waals surface area contributed by atoms with E-state index in [1.54, 1.807) is 14.2 Å². The SMILES string of the molecule is COc1ccc(CCC(=O)c2c(OC)cc(OP(=O)(O)Oc3cc(OC)c(C(=O)CCc4ccc(OC)cc4)c(OC)c3)cc2OC)cc1. The Balaban J connectivity index is 1.50. The summed E-state index contributed by atoms with van der Waals surface area (Å²) >= 11 is 0. The van der Waals surface area contributed by atoms with Gasteiger partial charge in [-0.05, 0) is 48.2 Å². The highest BCUT2D eigenvalue weighted by molar-refractivity contribution is 7.48. The summed E-state index contributed by atoms with van der Waals surface area (Å²) < 4.78 is 56.0. The van der Waals surface area contributed by atoms with E-state index in [2.05, 4.69) is 0 Å². The quantitative estimate of drug-likeness (QED) is 0.0852. The van der Waals surface area contributed by atoms with Crippen molar-refractivity contribution in [3.8, 4) is 46.0 Å². The van der Waals surface area contributed by atoms with Crippen LogP contribution in [0.15, 0.2) is 72.8 Å². The lowest BCUT2D eigenvalue weighted by Gasteiger charge is -2.19. The van der Waals surface area contributed by atoms with Gasteiger partial charge in [-0.2, -0.15) is 0 Å². The van der Waals surface area contributed by atoms with Crippen LogP contribution >= 0.6 is 7.82 Å². The molecule has 0 aliphatic heterocycles. The van der Waals surface area contributed by atoms with Crippen molar-refractivity contribution < 1.29 is 56.5 Å². The number of benzene rings is 4. The molecule has 0 atom stereocenters.